The van der Waals surface area contributed by atoms with Gasteiger partial charge in [-0.1, -0.05) is 20.8 Å². The first-order chi connectivity index (χ1) is 8.41. The van der Waals surface area contributed by atoms with Crippen molar-refractivity contribution in [2.45, 2.75) is 39.7 Å². The van der Waals surface area contributed by atoms with Gasteiger partial charge in [-0.15, -0.1) is 0 Å². The smallest absolute Gasteiger partial charge is 0.251 e. The quantitative estimate of drug-likeness (QED) is 0.880. The van der Waals surface area contributed by atoms with Gasteiger partial charge in [-0.2, -0.15) is 5.10 Å². The molecular formula is C13H18N4O. The molecule has 0 unspecified atom stereocenters. The van der Waals surface area contributed by atoms with Gasteiger partial charge in [0.15, 0.2) is 5.82 Å². The lowest BCUT2D eigenvalue weighted by atomic mass is 9.92. The molecule has 2 heterocycles. The van der Waals surface area contributed by atoms with Crippen molar-refractivity contribution in [3.8, 4) is 11.5 Å². The summed E-state index contributed by atoms with van der Waals surface area (Å²) in [6.07, 6.45) is 1.71. The maximum Gasteiger partial charge on any atom is 0.251 e. The molecule has 2 aromatic heterocycles. The minimum Gasteiger partial charge on any atom is -0.305 e. The zero-order chi connectivity index (χ0) is 13.3. The van der Waals surface area contributed by atoms with Gasteiger partial charge in [0.2, 0.25) is 0 Å². The molecular weight excluding hydrogens is 228 g/mol. The van der Waals surface area contributed by atoms with E-state index < -0.39 is 0 Å². The summed E-state index contributed by atoms with van der Waals surface area (Å²) < 4.78 is 1.81. The van der Waals surface area contributed by atoms with Gasteiger partial charge in [-0.25, -0.2) is 4.98 Å². The van der Waals surface area contributed by atoms with E-state index >= 15 is 0 Å². The Kier molecular flexibility index (Phi) is 3.07. The Bertz CT molecular complexity index is 604. The predicted octanol–water partition coefficient (Wildman–Crippen LogP) is 1.95. The summed E-state index contributed by atoms with van der Waals surface area (Å²) in [5, 5.41) is 4.19. The van der Waals surface area contributed by atoms with Crippen LogP contribution in [0.15, 0.2) is 23.1 Å². The molecule has 5 heteroatoms. The molecule has 0 saturated carbocycles. The van der Waals surface area contributed by atoms with Crippen LogP contribution in [0.4, 0.5) is 0 Å². The molecule has 2 rings (SSSR count). The van der Waals surface area contributed by atoms with Crippen molar-refractivity contribution in [1.82, 2.24) is 19.7 Å². The van der Waals surface area contributed by atoms with E-state index in [4.69, 9.17) is 0 Å². The number of nitrogens with zero attached hydrogens (tertiary/aromatic N) is 3. The first-order valence-electron chi connectivity index (χ1n) is 6.06. The fourth-order valence-corrected chi connectivity index (χ4v) is 1.75. The van der Waals surface area contributed by atoms with Crippen molar-refractivity contribution in [2.24, 2.45) is 0 Å². The van der Waals surface area contributed by atoms with E-state index in [1.54, 1.807) is 12.3 Å². The monoisotopic (exact) mass is 246 g/mol. The van der Waals surface area contributed by atoms with E-state index in [2.05, 4.69) is 15.1 Å². The van der Waals surface area contributed by atoms with E-state index in [-0.39, 0.29) is 11.0 Å². The molecule has 5 nitrogen and oxygen atoms in total. The Morgan fingerprint density at radius 1 is 1.39 bits per heavy atom. The molecule has 96 valence electrons. The number of hydrogen-bond donors (Lipinski definition) is 1. The lowest BCUT2D eigenvalue weighted by molar-refractivity contribution is 0.565. The number of rotatable bonds is 2. The molecule has 18 heavy (non-hydrogen) atoms. The van der Waals surface area contributed by atoms with Gasteiger partial charge >= 0.3 is 0 Å². The van der Waals surface area contributed by atoms with Crippen LogP contribution in [0.2, 0.25) is 0 Å². The molecule has 1 N–H and O–H groups in total. The van der Waals surface area contributed by atoms with Gasteiger partial charge in [-0.05, 0) is 13.0 Å². The maximum absolute atomic E-state index is 11.7. The van der Waals surface area contributed by atoms with E-state index in [9.17, 15) is 4.79 Å². The normalized spacial score (nSPS) is 11.8. The van der Waals surface area contributed by atoms with E-state index in [1.165, 1.54) is 0 Å². The third kappa shape index (κ3) is 2.34. The second-order valence-electron chi connectivity index (χ2n) is 5.26. The third-order valence-electron chi connectivity index (χ3n) is 2.77. The second-order valence-corrected chi connectivity index (χ2v) is 5.26. The van der Waals surface area contributed by atoms with Crippen molar-refractivity contribution < 1.29 is 0 Å². The summed E-state index contributed by atoms with van der Waals surface area (Å²) in [7, 11) is 0. The number of aromatic nitrogens is 4. The van der Waals surface area contributed by atoms with Gasteiger partial charge in [-0.3, -0.25) is 9.48 Å². The minimum absolute atomic E-state index is 0.131. The Morgan fingerprint density at radius 3 is 2.72 bits per heavy atom. The van der Waals surface area contributed by atoms with Gasteiger partial charge in [0.25, 0.3) is 5.56 Å². The molecule has 0 aromatic carbocycles. The van der Waals surface area contributed by atoms with Crippen LogP contribution in [0.25, 0.3) is 11.5 Å². The Hall–Kier alpha value is -1.91. The first-order valence-corrected chi connectivity index (χ1v) is 6.06. The van der Waals surface area contributed by atoms with Crippen LogP contribution in [0.3, 0.4) is 0 Å². The van der Waals surface area contributed by atoms with E-state index in [0.29, 0.717) is 5.82 Å². The van der Waals surface area contributed by atoms with Crippen LogP contribution < -0.4 is 5.56 Å². The van der Waals surface area contributed by atoms with Gasteiger partial charge in [0.1, 0.15) is 5.69 Å². The molecule has 0 fully saturated rings. The molecule has 0 saturated heterocycles. The molecule has 0 amide bonds. The Labute approximate surface area is 106 Å². The standard InChI is InChI=1S/C13H18N4O/c1-5-17-9(6-7-14-17)12-15-10(13(2,3)4)8-11(18)16-12/h6-8H,5H2,1-4H3,(H,15,16,18). The summed E-state index contributed by atoms with van der Waals surface area (Å²) in [4.78, 5) is 19.0. The molecule has 0 aliphatic rings. The number of H-pyrrole nitrogens is 1. The summed E-state index contributed by atoms with van der Waals surface area (Å²) >= 11 is 0. The Balaban J connectivity index is 2.59. The highest BCUT2D eigenvalue weighted by Crippen LogP contribution is 2.21. The molecule has 0 radical (unpaired) electrons. The van der Waals surface area contributed by atoms with Gasteiger partial charge in [0, 0.05) is 24.2 Å². The predicted molar refractivity (Wildman–Crippen MR) is 70.5 cm³/mol. The highest BCUT2D eigenvalue weighted by atomic mass is 16.1. The van der Waals surface area contributed by atoms with Crippen molar-refractivity contribution in [3.05, 3.63) is 34.4 Å². The fourth-order valence-electron chi connectivity index (χ4n) is 1.75. The molecule has 0 spiro atoms. The zero-order valence-corrected chi connectivity index (χ0v) is 11.2. The van der Waals surface area contributed by atoms with Crippen LogP contribution in [0, 0.1) is 0 Å². The first kappa shape index (κ1) is 12.5. The zero-order valence-electron chi connectivity index (χ0n) is 11.2. The minimum atomic E-state index is -0.153. The average Bonchev–Trinajstić information content (AvgIpc) is 2.74. The highest BCUT2D eigenvalue weighted by Gasteiger charge is 2.18. The van der Waals surface area contributed by atoms with Crippen LogP contribution in [0.5, 0.6) is 0 Å². The lowest BCUT2D eigenvalue weighted by Crippen LogP contribution is -2.20. The Morgan fingerprint density at radius 2 is 2.11 bits per heavy atom. The number of hydrogen-bond acceptors (Lipinski definition) is 3. The van der Waals surface area contributed by atoms with Crippen LogP contribution in [-0.4, -0.2) is 19.7 Å². The summed E-state index contributed by atoms with van der Waals surface area (Å²) in [6, 6.07) is 3.41. The summed E-state index contributed by atoms with van der Waals surface area (Å²) in [5.41, 5.74) is 1.33. The number of aryl methyl sites for hydroxylation is 1. The SMILES string of the molecule is CCn1nccc1-c1nc(C(C)(C)C)cc(=O)[nH]1. The lowest BCUT2D eigenvalue weighted by Gasteiger charge is -2.17. The molecule has 0 bridgehead atoms. The molecule has 2 aromatic rings. The van der Waals surface area contributed by atoms with E-state index in [0.717, 1.165) is 17.9 Å². The summed E-state index contributed by atoms with van der Waals surface area (Å²) in [5.74, 6) is 0.576. The average molecular weight is 246 g/mol. The van der Waals surface area contributed by atoms with Crippen molar-refractivity contribution in [1.29, 1.82) is 0 Å². The second kappa shape index (κ2) is 4.40. The van der Waals surface area contributed by atoms with Gasteiger partial charge < -0.3 is 4.98 Å². The van der Waals surface area contributed by atoms with Crippen molar-refractivity contribution in [2.75, 3.05) is 0 Å². The largest absolute Gasteiger partial charge is 0.305 e. The molecule has 0 aliphatic carbocycles. The number of nitrogens with one attached hydrogen (secondary N) is 1. The topological polar surface area (TPSA) is 63.6 Å². The summed E-state index contributed by atoms with van der Waals surface area (Å²) in [6.45, 7) is 8.86. The maximum atomic E-state index is 11.7. The van der Waals surface area contributed by atoms with Gasteiger partial charge in [0.05, 0.1) is 5.69 Å². The van der Waals surface area contributed by atoms with Crippen LogP contribution >= 0.6 is 0 Å². The molecule has 0 atom stereocenters. The van der Waals surface area contributed by atoms with Crippen LogP contribution in [0.1, 0.15) is 33.4 Å². The van der Waals surface area contributed by atoms with E-state index in [1.807, 2.05) is 38.4 Å². The number of aromatic amines is 1. The molecule has 0 aliphatic heterocycles. The third-order valence-corrected chi connectivity index (χ3v) is 2.77. The highest BCUT2D eigenvalue weighted by molar-refractivity contribution is 5.49. The van der Waals surface area contributed by atoms with Crippen molar-refractivity contribution >= 4 is 0 Å². The fraction of sp³-hybridized carbons (Fsp3) is 0.462. The van der Waals surface area contributed by atoms with Crippen molar-refractivity contribution in [3.63, 3.8) is 0 Å². The van der Waals surface area contributed by atoms with Crippen LogP contribution in [-0.2, 0) is 12.0 Å².